The Labute approximate surface area is 186 Å². The maximum absolute atomic E-state index is 12.0. The van der Waals surface area contributed by atoms with Gasteiger partial charge in [0, 0.05) is 35.3 Å². The van der Waals surface area contributed by atoms with Crippen LogP contribution in [0.2, 0.25) is 0 Å². The first-order valence-corrected chi connectivity index (χ1v) is 11.5. The molecule has 10 heteroatoms. The highest BCUT2D eigenvalue weighted by Gasteiger charge is 2.09. The van der Waals surface area contributed by atoms with Gasteiger partial charge in [-0.3, -0.25) is 4.79 Å². The van der Waals surface area contributed by atoms with Crippen LogP contribution in [-0.4, -0.2) is 30.0 Å². The van der Waals surface area contributed by atoms with Crippen molar-refractivity contribution in [3.63, 3.8) is 0 Å². The van der Waals surface area contributed by atoms with Crippen molar-refractivity contribution < 1.29 is 13.2 Å². The van der Waals surface area contributed by atoms with Crippen molar-refractivity contribution in [3.8, 4) is 11.3 Å². The van der Waals surface area contributed by atoms with Gasteiger partial charge in [-0.2, -0.15) is 0 Å². The molecule has 3 rings (SSSR count). The lowest BCUT2D eigenvalue weighted by Gasteiger charge is -2.09. The Morgan fingerprint density at radius 2 is 1.66 bits per heavy atom. The van der Waals surface area contributed by atoms with Gasteiger partial charge in [0.15, 0.2) is 0 Å². The van der Waals surface area contributed by atoms with Gasteiger partial charge in [0.05, 0.1) is 10.6 Å². The smallest absolute Gasteiger partial charge is 0.238 e. The second-order valence-corrected chi connectivity index (χ2v) is 8.60. The molecule has 0 fully saturated rings. The first kappa shape index (κ1) is 23.0. The van der Waals surface area contributed by atoms with Crippen LogP contribution in [0.25, 0.3) is 11.3 Å². The quantitative estimate of drug-likeness (QED) is 0.364. The molecule has 0 aliphatic carbocycles. The van der Waals surface area contributed by atoms with Crippen molar-refractivity contribution in [1.29, 1.82) is 5.41 Å². The van der Waals surface area contributed by atoms with Crippen LogP contribution in [-0.2, 0) is 14.8 Å². The fraction of sp³-hybridized carbons (Fsp3) is 0.182. The van der Waals surface area contributed by atoms with E-state index in [0.717, 1.165) is 5.56 Å². The van der Waals surface area contributed by atoms with Gasteiger partial charge in [0.2, 0.25) is 21.9 Å². The minimum Gasteiger partial charge on any atom is -0.326 e. The van der Waals surface area contributed by atoms with Gasteiger partial charge >= 0.3 is 0 Å². The standard InChI is InChI=1S/C22H24N6O3S/c1-2-16(23)5-12-21(29)26-17-6-3-15(4-7-17)20-13-14-25-22(28-20)27-18-8-10-19(11-9-18)32(24,30)31/h3-4,6-11,13-14,23H,2,5,12H2,1H3,(H,26,29)(H2,24,30,31)(H,25,27,28). The maximum atomic E-state index is 12.0. The van der Waals surface area contributed by atoms with E-state index in [1.807, 2.05) is 19.1 Å². The van der Waals surface area contributed by atoms with Crippen molar-refractivity contribution in [2.45, 2.75) is 31.1 Å². The lowest BCUT2D eigenvalue weighted by Crippen LogP contribution is -2.12. The normalized spacial score (nSPS) is 11.1. The molecule has 9 nitrogen and oxygen atoms in total. The Balaban J connectivity index is 1.66. The Bertz CT molecular complexity index is 1210. The summed E-state index contributed by atoms with van der Waals surface area (Å²) in [7, 11) is -3.75. The predicted octanol–water partition coefficient (Wildman–Crippen LogP) is 3.68. The van der Waals surface area contributed by atoms with Crippen molar-refractivity contribution >= 4 is 39.0 Å². The lowest BCUT2D eigenvalue weighted by atomic mass is 10.1. The van der Waals surface area contributed by atoms with E-state index in [-0.39, 0.29) is 17.2 Å². The Kier molecular flexibility index (Phi) is 7.29. The maximum Gasteiger partial charge on any atom is 0.238 e. The van der Waals surface area contributed by atoms with Gasteiger partial charge in [-0.15, -0.1) is 0 Å². The van der Waals surface area contributed by atoms with E-state index < -0.39 is 10.0 Å². The van der Waals surface area contributed by atoms with Crippen LogP contribution in [0.3, 0.4) is 0 Å². The van der Waals surface area contributed by atoms with Crippen molar-refractivity contribution in [1.82, 2.24) is 9.97 Å². The molecule has 0 unspecified atom stereocenters. The summed E-state index contributed by atoms with van der Waals surface area (Å²) in [6.07, 6.45) is 3.01. The molecular weight excluding hydrogens is 428 g/mol. The van der Waals surface area contributed by atoms with Crippen LogP contribution in [0, 0.1) is 5.41 Å². The number of aromatic nitrogens is 2. The van der Waals surface area contributed by atoms with Crippen LogP contribution in [0.5, 0.6) is 0 Å². The minimum absolute atomic E-state index is 0.0218. The number of nitrogens with zero attached hydrogens (tertiary/aromatic N) is 2. The van der Waals surface area contributed by atoms with Gasteiger partial charge in [-0.1, -0.05) is 19.1 Å². The second-order valence-electron chi connectivity index (χ2n) is 7.04. The highest BCUT2D eigenvalue weighted by molar-refractivity contribution is 7.89. The highest BCUT2D eigenvalue weighted by Crippen LogP contribution is 2.22. The molecule has 1 heterocycles. The largest absolute Gasteiger partial charge is 0.326 e. The molecule has 2 aromatic carbocycles. The molecule has 166 valence electrons. The summed E-state index contributed by atoms with van der Waals surface area (Å²) in [5.41, 5.74) is 3.36. The van der Waals surface area contributed by atoms with Crippen molar-refractivity contribution in [3.05, 3.63) is 60.8 Å². The summed E-state index contributed by atoms with van der Waals surface area (Å²) >= 11 is 0. The van der Waals surface area contributed by atoms with E-state index in [2.05, 4.69) is 20.6 Å². The average Bonchev–Trinajstić information content (AvgIpc) is 2.78. The summed E-state index contributed by atoms with van der Waals surface area (Å²) in [4.78, 5) is 20.7. The number of sulfonamides is 1. The molecule has 0 saturated heterocycles. The molecule has 0 bridgehead atoms. The summed E-state index contributed by atoms with van der Waals surface area (Å²) in [6, 6.07) is 15.0. The summed E-state index contributed by atoms with van der Waals surface area (Å²) in [5.74, 6) is 0.222. The molecule has 32 heavy (non-hydrogen) atoms. The Hall–Kier alpha value is -3.63. The number of nitrogens with one attached hydrogen (secondary N) is 3. The molecule has 0 aliphatic heterocycles. The average molecular weight is 453 g/mol. The number of carbonyl (C=O) groups excluding carboxylic acids is 1. The Morgan fingerprint density at radius 3 is 2.28 bits per heavy atom. The van der Waals surface area contributed by atoms with Gasteiger partial charge in [-0.25, -0.2) is 23.5 Å². The van der Waals surface area contributed by atoms with E-state index in [9.17, 15) is 13.2 Å². The highest BCUT2D eigenvalue weighted by atomic mass is 32.2. The Morgan fingerprint density at radius 1 is 1.00 bits per heavy atom. The van der Waals surface area contributed by atoms with Crippen LogP contribution in [0.4, 0.5) is 17.3 Å². The van der Waals surface area contributed by atoms with Crippen molar-refractivity contribution in [2.24, 2.45) is 5.14 Å². The van der Waals surface area contributed by atoms with E-state index in [1.54, 1.807) is 36.5 Å². The number of hydrogen-bond acceptors (Lipinski definition) is 7. The third kappa shape index (κ3) is 6.43. The fourth-order valence-electron chi connectivity index (χ4n) is 2.83. The molecule has 1 amide bonds. The van der Waals surface area contributed by atoms with Crippen LogP contribution in [0.1, 0.15) is 26.2 Å². The number of carbonyl (C=O) groups is 1. The zero-order chi connectivity index (χ0) is 23.1. The second kappa shape index (κ2) is 10.1. The van der Waals surface area contributed by atoms with E-state index >= 15 is 0 Å². The number of nitrogens with two attached hydrogens (primary N) is 1. The number of primary sulfonamides is 1. The van der Waals surface area contributed by atoms with E-state index in [0.29, 0.717) is 41.6 Å². The van der Waals surface area contributed by atoms with E-state index in [4.69, 9.17) is 10.5 Å². The number of hydrogen-bond donors (Lipinski definition) is 4. The molecule has 0 saturated carbocycles. The van der Waals surface area contributed by atoms with Crippen molar-refractivity contribution in [2.75, 3.05) is 10.6 Å². The molecule has 0 radical (unpaired) electrons. The first-order valence-electron chi connectivity index (χ1n) is 9.94. The first-order chi connectivity index (χ1) is 15.2. The van der Waals surface area contributed by atoms with Gasteiger partial charge in [0.1, 0.15) is 0 Å². The molecule has 1 aromatic heterocycles. The zero-order valence-corrected chi connectivity index (χ0v) is 18.3. The van der Waals surface area contributed by atoms with E-state index in [1.165, 1.54) is 12.1 Å². The van der Waals surface area contributed by atoms with Crippen LogP contribution < -0.4 is 15.8 Å². The predicted molar refractivity (Wildman–Crippen MR) is 124 cm³/mol. The number of amides is 1. The van der Waals surface area contributed by atoms with Gasteiger partial charge in [0.25, 0.3) is 0 Å². The van der Waals surface area contributed by atoms with Gasteiger partial charge in [-0.05, 0) is 55.3 Å². The topological polar surface area (TPSA) is 151 Å². The molecule has 5 N–H and O–H groups in total. The molecule has 0 spiro atoms. The monoisotopic (exact) mass is 452 g/mol. The lowest BCUT2D eigenvalue weighted by molar-refractivity contribution is -0.116. The number of benzene rings is 2. The number of rotatable bonds is 9. The van der Waals surface area contributed by atoms with Crippen LogP contribution >= 0.6 is 0 Å². The molecular formula is C22H24N6O3S. The van der Waals surface area contributed by atoms with Gasteiger partial charge < -0.3 is 16.0 Å². The number of anilines is 3. The fourth-order valence-corrected chi connectivity index (χ4v) is 3.34. The summed E-state index contributed by atoms with van der Waals surface area (Å²) in [5, 5.41) is 18.6. The van der Waals surface area contributed by atoms with Crippen LogP contribution in [0.15, 0.2) is 65.7 Å². The third-order valence-electron chi connectivity index (χ3n) is 4.64. The SMILES string of the molecule is CCC(=N)CCC(=O)Nc1ccc(-c2ccnc(Nc3ccc(S(N)(=O)=O)cc3)n2)cc1. The third-order valence-corrected chi connectivity index (χ3v) is 5.57. The minimum atomic E-state index is -3.75. The molecule has 3 aromatic rings. The summed E-state index contributed by atoms with van der Waals surface area (Å²) in [6.45, 7) is 1.90. The molecule has 0 aliphatic rings. The zero-order valence-electron chi connectivity index (χ0n) is 17.5. The summed E-state index contributed by atoms with van der Waals surface area (Å²) < 4.78 is 22.7. The molecule has 0 atom stereocenters.